The molecule has 0 spiro atoms. The lowest BCUT2D eigenvalue weighted by Crippen LogP contribution is -2.46. The van der Waals surface area contributed by atoms with Gasteiger partial charge in [0.15, 0.2) is 0 Å². The maximum Gasteiger partial charge on any atom is 0.237 e. The summed E-state index contributed by atoms with van der Waals surface area (Å²) in [5.41, 5.74) is 7.97. The van der Waals surface area contributed by atoms with Gasteiger partial charge in [-0.1, -0.05) is 19.0 Å². The first-order valence-electron chi connectivity index (χ1n) is 7.74. The molecule has 1 aliphatic rings. The summed E-state index contributed by atoms with van der Waals surface area (Å²) >= 11 is 0. The summed E-state index contributed by atoms with van der Waals surface area (Å²) in [5.74, 6) is 0.941. The van der Waals surface area contributed by atoms with E-state index in [0.717, 1.165) is 42.7 Å². The zero-order chi connectivity index (χ0) is 15.2. The van der Waals surface area contributed by atoms with Gasteiger partial charge in [-0.25, -0.2) is 0 Å². The highest BCUT2D eigenvalue weighted by atomic mass is 35.5. The minimum absolute atomic E-state index is 0. The van der Waals surface area contributed by atoms with Crippen molar-refractivity contribution < 1.29 is 14.1 Å². The zero-order valence-electron chi connectivity index (χ0n) is 13.3. The molecule has 6 nitrogen and oxygen atoms in total. The molecule has 126 valence electrons. The number of nitrogens with zero attached hydrogens (tertiary/aromatic N) is 1. The van der Waals surface area contributed by atoms with Crippen LogP contribution in [-0.2, 0) is 28.9 Å². The Kier molecular flexibility index (Phi) is 7.85. The van der Waals surface area contributed by atoms with Crippen LogP contribution in [-0.4, -0.2) is 30.3 Å². The van der Waals surface area contributed by atoms with Crippen molar-refractivity contribution in [1.29, 1.82) is 0 Å². The molecule has 3 N–H and O–H groups in total. The number of carbonyl (C=O) groups is 1. The average molecular weight is 332 g/mol. The van der Waals surface area contributed by atoms with Gasteiger partial charge in [-0.15, -0.1) is 12.4 Å². The molecule has 0 aliphatic carbocycles. The fraction of sp³-hybridized carbons (Fsp3) is 0.733. The summed E-state index contributed by atoms with van der Waals surface area (Å²) in [5, 5.41) is 6.97. The van der Waals surface area contributed by atoms with Crippen LogP contribution in [0.2, 0.25) is 0 Å². The first-order chi connectivity index (χ1) is 10.2. The normalized spacial score (nSPS) is 16.9. The molecule has 0 bridgehead atoms. The first kappa shape index (κ1) is 18.9. The summed E-state index contributed by atoms with van der Waals surface area (Å²) in [7, 11) is 0. The quantitative estimate of drug-likeness (QED) is 0.826. The number of hydrogen-bond acceptors (Lipinski definition) is 5. The molecule has 0 aromatic carbocycles. The van der Waals surface area contributed by atoms with Crippen molar-refractivity contribution in [3.63, 3.8) is 0 Å². The Morgan fingerprint density at radius 3 is 2.64 bits per heavy atom. The number of aryl methyl sites for hydroxylation is 2. The van der Waals surface area contributed by atoms with Crippen LogP contribution in [0, 0.1) is 5.92 Å². The van der Waals surface area contributed by atoms with Gasteiger partial charge in [0, 0.05) is 31.7 Å². The lowest BCUT2D eigenvalue weighted by atomic mass is 9.92. The zero-order valence-corrected chi connectivity index (χ0v) is 14.1. The number of nitrogens with one attached hydrogen (secondary N) is 1. The molecule has 1 atom stereocenters. The van der Waals surface area contributed by atoms with Crippen LogP contribution >= 0.6 is 12.4 Å². The second-order valence-corrected chi connectivity index (χ2v) is 5.43. The van der Waals surface area contributed by atoms with E-state index in [1.807, 2.05) is 13.8 Å². The van der Waals surface area contributed by atoms with Crippen molar-refractivity contribution in [1.82, 2.24) is 10.5 Å². The van der Waals surface area contributed by atoms with Crippen molar-refractivity contribution in [2.75, 3.05) is 13.2 Å². The Bertz CT molecular complexity index is 451. The van der Waals surface area contributed by atoms with Crippen molar-refractivity contribution in [3.05, 3.63) is 17.0 Å². The topological polar surface area (TPSA) is 90.4 Å². The van der Waals surface area contributed by atoms with Crippen LogP contribution in [0.3, 0.4) is 0 Å². The minimum Gasteiger partial charge on any atom is -0.381 e. The van der Waals surface area contributed by atoms with E-state index in [1.165, 1.54) is 0 Å². The van der Waals surface area contributed by atoms with E-state index in [1.54, 1.807) is 0 Å². The summed E-state index contributed by atoms with van der Waals surface area (Å²) in [6, 6.07) is -0.469. The highest BCUT2D eigenvalue weighted by Crippen LogP contribution is 2.19. The number of ether oxygens (including phenoxy) is 1. The van der Waals surface area contributed by atoms with E-state index in [2.05, 4.69) is 10.5 Å². The van der Waals surface area contributed by atoms with Crippen molar-refractivity contribution in [2.45, 2.75) is 52.1 Å². The van der Waals surface area contributed by atoms with E-state index < -0.39 is 6.04 Å². The average Bonchev–Trinajstić information content (AvgIpc) is 2.94. The molecule has 2 rings (SSSR count). The number of aromatic nitrogens is 1. The van der Waals surface area contributed by atoms with Gasteiger partial charge in [0.05, 0.1) is 11.7 Å². The highest BCUT2D eigenvalue weighted by Gasteiger charge is 2.26. The summed E-state index contributed by atoms with van der Waals surface area (Å²) in [6.45, 7) is 5.86. The maximum atomic E-state index is 12.2. The Morgan fingerprint density at radius 2 is 2.05 bits per heavy atom. The molecule has 1 fully saturated rings. The largest absolute Gasteiger partial charge is 0.381 e. The van der Waals surface area contributed by atoms with Gasteiger partial charge in [-0.3, -0.25) is 4.79 Å². The van der Waals surface area contributed by atoms with E-state index in [0.29, 0.717) is 19.8 Å². The number of nitrogens with two attached hydrogens (primary N) is 1. The monoisotopic (exact) mass is 331 g/mol. The Hall–Kier alpha value is -1.11. The molecule has 1 saturated heterocycles. The second kappa shape index (κ2) is 9.12. The number of rotatable bonds is 6. The van der Waals surface area contributed by atoms with E-state index >= 15 is 0 Å². The number of amides is 1. The fourth-order valence-electron chi connectivity index (χ4n) is 2.72. The summed E-state index contributed by atoms with van der Waals surface area (Å²) in [6.07, 6.45) is 3.26. The molecule has 2 heterocycles. The predicted molar refractivity (Wildman–Crippen MR) is 85.9 cm³/mol. The van der Waals surface area contributed by atoms with Crippen LogP contribution < -0.4 is 11.1 Å². The summed E-state index contributed by atoms with van der Waals surface area (Å²) in [4.78, 5) is 12.2. The SMILES string of the molecule is CCc1noc(CC)c1CNC(=O)C(N)C1CCOCC1.Cl. The van der Waals surface area contributed by atoms with Gasteiger partial charge in [0.1, 0.15) is 5.76 Å². The molecule has 1 aliphatic heterocycles. The lowest BCUT2D eigenvalue weighted by Gasteiger charge is -2.26. The van der Waals surface area contributed by atoms with Crippen LogP contribution in [0.5, 0.6) is 0 Å². The smallest absolute Gasteiger partial charge is 0.237 e. The van der Waals surface area contributed by atoms with Gasteiger partial charge in [0.25, 0.3) is 0 Å². The molecule has 1 aromatic heterocycles. The molecule has 22 heavy (non-hydrogen) atoms. The van der Waals surface area contributed by atoms with E-state index in [4.69, 9.17) is 15.0 Å². The first-order valence-corrected chi connectivity index (χ1v) is 7.74. The van der Waals surface area contributed by atoms with Crippen molar-refractivity contribution in [3.8, 4) is 0 Å². The number of carbonyl (C=O) groups excluding carboxylic acids is 1. The van der Waals surface area contributed by atoms with E-state index in [-0.39, 0.29) is 24.2 Å². The number of hydrogen-bond donors (Lipinski definition) is 2. The Labute approximate surface area is 137 Å². The van der Waals surface area contributed by atoms with Crippen LogP contribution in [0.1, 0.15) is 43.7 Å². The molecular formula is C15H26ClN3O3. The van der Waals surface area contributed by atoms with Crippen LogP contribution in [0.4, 0.5) is 0 Å². The third-order valence-corrected chi connectivity index (χ3v) is 4.12. The highest BCUT2D eigenvalue weighted by molar-refractivity contribution is 5.85. The third kappa shape index (κ3) is 4.44. The molecule has 1 unspecified atom stereocenters. The lowest BCUT2D eigenvalue weighted by molar-refractivity contribution is -0.124. The third-order valence-electron chi connectivity index (χ3n) is 4.12. The van der Waals surface area contributed by atoms with Crippen molar-refractivity contribution in [2.24, 2.45) is 11.7 Å². The molecule has 1 aromatic rings. The van der Waals surface area contributed by atoms with E-state index in [9.17, 15) is 4.79 Å². The van der Waals surface area contributed by atoms with Gasteiger partial charge >= 0.3 is 0 Å². The molecule has 0 saturated carbocycles. The molecule has 7 heteroatoms. The summed E-state index contributed by atoms with van der Waals surface area (Å²) < 4.78 is 10.6. The molecule has 1 amide bonds. The molecular weight excluding hydrogens is 306 g/mol. The Balaban J connectivity index is 0.00000242. The second-order valence-electron chi connectivity index (χ2n) is 5.43. The van der Waals surface area contributed by atoms with Crippen molar-refractivity contribution >= 4 is 18.3 Å². The van der Waals surface area contributed by atoms with Gasteiger partial charge < -0.3 is 20.3 Å². The van der Waals surface area contributed by atoms with Gasteiger partial charge in [-0.05, 0) is 25.2 Å². The number of halogens is 1. The minimum atomic E-state index is -0.469. The standard InChI is InChI=1S/C15H25N3O3.ClH/c1-3-12-11(13(4-2)21-18-12)9-17-15(19)14(16)10-5-7-20-8-6-10;/h10,14H,3-9,16H2,1-2H3,(H,17,19);1H. The Morgan fingerprint density at radius 1 is 1.36 bits per heavy atom. The van der Waals surface area contributed by atoms with Crippen LogP contribution in [0.15, 0.2) is 4.52 Å². The van der Waals surface area contributed by atoms with Gasteiger partial charge in [0.2, 0.25) is 5.91 Å². The van der Waals surface area contributed by atoms with Gasteiger partial charge in [-0.2, -0.15) is 0 Å². The maximum absolute atomic E-state index is 12.2. The predicted octanol–water partition coefficient (Wildman–Crippen LogP) is 1.59. The fourth-order valence-corrected chi connectivity index (χ4v) is 2.72. The van der Waals surface area contributed by atoms with Crippen LogP contribution in [0.25, 0.3) is 0 Å². The molecule has 0 radical (unpaired) electrons.